The number of ketones is 2. The van der Waals surface area contributed by atoms with E-state index in [-0.39, 0.29) is 48.4 Å². The molecule has 4 amide bonds. The minimum absolute atomic E-state index is 0.0368. The molecule has 16 heteroatoms. The maximum absolute atomic E-state index is 13.9. The van der Waals surface area contributed by atoms with Gasteiger partial charge in [0.05, 0.1) is 47.8 Å². The number of ether oxygens (including phenoxy) is 5. The molecule has 7 rings (SSSR count). The van der Waals surface area contributed by atoms with Crippen LogP contribution in [0.4, 0.5) is 16.2 Å². The summed E-state index contributed by atoms with van der Waals surface area (Å²) in [5.41, 5.74) is 3.31. The number of aliphatic hydroxyl groups is 1. The van der Waals surface area contributed by atoms with Gasteiger partial charge in [0.2, 0.25) is 5.91 Å². The van der Waals surface area contributed by atoms with Gasteiger partial charge < -0.3 is 48.2 Å². The quantitative estimate of drug-likeness (QED) is 0.0925. The van der Waals surface area contributed by atoms with Crippen molar-refractivity contribution in [3.8, 4) is 11.5 Å². The molecule has 5 atom stereocenters. The zero-order valence-electron chi connectivity index (χ0n) is 43.2. The van der Waals surface area contributed by atoms with Crippen LogP contribution in [0.3, 0.4) is 0 Å². The molecule has 394 valence electrons. The molecule has 0 saturated carbocycles. The molecule has 2 aromatic carbocycles. The van der Waals surface area contributed by atoms with E-state index in [1.54, 1.807) is 43.0 Å². The van der Waals surface area contributed by atoms with Crippen molar-refractivity contribution < 1.29 is 57.6 Å². The highest BCUT2D eigenvalue weighted by atomic mass is 16.7. The minimum Gasteiger partial charge on any atom is -0.493 e. The van der Waals surface area contributed by atoms with Crippen molar-refractivity contribution in [2.24, 2.45) is 0 Å². The molecule has 0 spiro atoms. The minimum atomic E-state index is -1.10. The summed E-state index contributed by atoms with van der Waals surface area (Å²) in [4.78, 5) is 82.9. The lowest BCUT2D eigenvalue weighted by Crippen LogP contribution is -2.57. The highest BCUT2D eigenvalue weighted by molar-refractivity contribution is 6.07. The number of aliphatic hydroxyl groups excluding tert-OH is 1. The van der Waals surface area contributed by atoms with Crippen molar-refractivity contribution in [1.29, 1.82) is 0 Å². The fraction of sp³-hybridized carbons (Fsp3) is 0.607. The first-order valence-corrected chi connectivity index (χ1v) is 26.4. The molecule has 3 fully saturated rings. The Morgan fingerprint density at radius 1 is 0.681 bits per heavy atom. The molecule has 1 N–H and O–H groups in total. The van der Waals surface area contributed by atoms with Crippen molar-refractivity contribution in [3.05, 3.63) is 71.8 Å². The summed E-state index contributed by atoms with van der Waals surface area (Å²) >= 11 is 0. The van der Waals surface area contributed by atoms with E-state index < -0.39 is 30.9 Å². The number of benzene rings is 2. The number of hydrogen-bond donors (Lipinski definition) is 1. The van der Waals surface area contributed by atoms with Crippen LogP contribution < -0.4 is 19.3 Å². The molecular weight excluding hydrogens is 921 g/mol. The number of hydrogen-bond acceptors (Lipinski definition) is 12. The molecule has 72 heavy (non-hydrogen) atoms. The van der Waals surface area contributed by atoms with Gasteiger partial charge in [-0.3, -0.25) is 19.3 Å². The van der Waals surface area contributed by atoms with Gasteiger partial charge in [-0.2, -0.15) is 0 Å². The lowest BCUT2D eigenvalue weighted by atomic mass is 10.00. The van der Waals surface area contributed by atoms with E-state index in [0.717, 1.165) is 94.6 Å². The number of rotatable bonds is 21. The van der Waals surface area contributed by atoms with Gasteiger partial charge in [-0.25, -0.2) is 9.69 Å². The largest absolute Gasteiger partial charge is 0.493 e. The van der Waals surface area contributed by atoms with Gasteiger partial charge in [-0.1, -0.05) is 18.7 Å². The van der Waals surface area contributed by atoms with Crippen LogP contribution in [0.15, 0.2) is 49.6 Å². The number of allylic oxidation sites excluding steroid dienone is 1. The third-order valence-corrected chi connectivity index (χ3v) is 14.0. The molecule has 16 nitrogen and oxygen atoms in total. The molecule has 2 aromatic rings. The monoisotopic (exact) mass is 999 g/mol. The maximum atomic E-state index is 13.9. The zero-order valence-corrected chi connectivity index (χ0v) is 43.2. The molecular formula is C56H78N4O12. The van der Waals surface area contributed by atoms with Crippen LogP contribution in [0.5, 0.6) is 11.5 Å². The average Bonchev–Trinajstić information content (AvgIpc) is 3.52. The number of amides is 4. The first-order chi connectivity index (χ1) is 34.7. The van der Waals surface area contributed by atoms with Crippen LogP contribution in [0.1, 0.15) is 168 Å². The Bertz CT molecular complexity index is 2240. The van der Waals surface area contributed by atoms with Crippen molar-refractivity contribution >= 4 is 46.8 Å². The summed E-state index contributed by atoms with van der Waals surface area (Å²) in [7, 11) is 0. The predicted octanol–water partition coefficient (Wildman–Crippen LogP) is 9.68. The van der Waals surface area contributed by atoms with E-state index in [1.165, 1.54) is 15.9 Å². The summed E-state index contributed by atoms with van der Waals surface area (Å²) in [5.74, 6) is 1.08. The second-order valence-electron chi connectivity index (χ2n) is 19.7. The van der Waals surface area contributed by atoms with Crippen molar-refractivity contribution in [2.45, 2.75) is 181 Å². The number of carbonyl (C=O) groups is 6. The lowest BCUT2D eigenvalue weighted by molar-refractivity contribution is -0.198. The van der Waals surface area contributed by atoms with Crippen LogP contribution in [0, 0.1) is 13.8 Å². The van der Waals surface area contributed by atoms with Crippen LogP contribution in [-0.4, -0.2) is 121 Å². The van der Waals surface area contributed by atoms with Gasteiger partial charge in [0.1, 0.15) is 29.7 Å². The number of fused-ring (bicyclic) bond motifs is 4. The van der Waals surface area contributed by atoms with Crippen LogP contribution in [0.25, 0.3) is 0 Å². The van der Waals surface area contributed by atoms with E-state index in [0.29, 0.717) is 99.0 Å². The van der Waals surface area contributed by atoms with Crippen LogP contribution >= 0.6 is 0 Å². The fourth-order valence-electron chi connectivity index (χ4n) is 10.2. The Hall–Kier alpha value is -5.58. The number of nitrogens with zero attached hydrogens (tertiary/aromatic N) is 4. The van der Waals surface area contributed by atoms with E-state index in [2.05, 4.69) is 13.2 Å². The van der Waals surface area contributed by atoms with Crippen LogP contribution in [-0.2, 0) is 28.6 Å². The smallest absolute Gasteiger partial charge is 0.416 e. The number of carbonyl (C=O) groups excluding carboxylic acids is 6. The number of aryl methyl sites for hydroxylation is 2. The molecule has 5 aliphatic rings. The second-order valence-corrected chi connectivity index (χ2v) is 19.7. The first-order valence-electron chi connectivity index (χ1n) is 26.4. The fourth-order valence-corrected chi connectivity index (χ4v) is 10.2. The predicted molar refractivity (Wildman–Crippen MR) is 274 cm³/mol. The third kappa shape index (κ3) is 14.3. The highest BCUT2D eigenvalue weighted by Gasteiger charge is 2.47. The van der Waals surface area contributed by atoms with Crippen molar-refractivity contribution in [2.75, 3.05) is 49.3 Å². The second kappa shape index (κ2) is 27.5. The Morgan fingerprint density at radius 2 is 1.22 bits per heavy atom. The van der Waals surface area contributed by atoms with Crippen molar-refractivity contribution in [1.82, 2.24) is 9.80 Å². The average molecular weight is 999 g/mol. The third-order valence-electron chi connectivity index (χ3n) is 14.0. The Kier molecular flexibility index (Phi) is 21.3. The summed E-state index contributed by atoms with van der Waals surface area (Å²) in [5, 5.41) is 11.3. The Morgan fingerprint density at radius 3 is 1.75 bits per heavy atom. The van der Waals surface area contributed by atoms with Gasteiger partial charge in [0.25, 0.3) is 11.8 Å². The summed E-state index contributed by atoms with van der Waals surface area (Å²) in [6, 6.07) is 6.33. The standard InChI is InChI=1S/C30H42N2O7.C26H36N2O5/c1-4-16-38-30(35)32-25-20-26(36-17-10-5-6-12-22(3)33)21(2)19-23(25)28(34)31-15-9-7-13-24(31)29(32)39-27-14-8-11-18-37-27;1-4-5-13-24(30)28-22-17-23(33-15-10-6-7-11-19(3)29)18(2)16-20(22)25(31)27-14-9-8-12-21(27)26(28)32/h4,19-20,24,27,29H,1,5-18H2,2-3H3;4,16-17,21,26,32H,1,5-15H2,2-3H3/t24-,27?,29?;21-,26?/m00/s1. The first kappa shape index (κ1) is 55.7. The van der Waals surface area contributed by atoms with Gasteiger partial charge in [-0.05, 0) is 154 Å². The Balaban J connectivity index is 0.000000239. The number of piperidine rings is 2. The van der Waals surface area contributed by atoms with Crippen LogP contribution in [0.2, 0.25) is 0 Å². The maximum Gasteiger partial charge on any atom is 0.416 e. The molecule has 5 aliphatic heterocycles. The summed E-state index contributed by atoms with van der Waals surface area (Å²) in [6.45, 7) is 17.1. The van der Waals surface area contributed by atoms with E-state index in [9.17, 15) is 33.9 Å². The Labute approximate surface area is 426 Å². The number of Topliss-reactive ketones (excluding diaryl/α,β-unsaturated/α-hetero) is 2. The highest BCUT2D eigenvalue weighted by Crippen LogP contribution is 2.41. The normalized spacial score (nSPS) is 21.6. The molecule has 0 aliphatic carbocycles. The topological polar surface area (TPSA) is 182 Å². The SMILES string of the molecule is C=CCCC(=O)N1c2cc(OCCCCCC(C)=O)c(C)cc2C(=O)N2CCCC[C@H]2C1O.C=CCOC(=O)N1c2cc(OCCCCCC(C)=O)c(C)cc2C(=O)N2CCCC[C@H]2C1OC1CCCCO1. The van der Waals surface area contributed by atoms with Gasteiger partial charge in [-0.15, -0.1) is 6.58 Å². The van der Waals surface area contributed by atoms with E-state index in [1.807, 2.05) is 24.8 Å². The summed E-state index contributed by atoms with van der Waals surface area (Å²) in [6.07, 6.45) is 14.9. The molecule has 0 aromatic heterocycles. The van der Waals surface area contributed by atoms with Crippen molar-refractivity contribution in [3.63, 3.8) is 0 Å². The molecule has 3 unspecified atom stereocenters. The number of anilines is 2. The van der Waals surface area contributed by atoms with E-state index in [4.69, 9.17) is 23.7 Å². The van der Waals surface area contributed by atoms with E-state index >= 15 is 0 Å². The van der Waals surface area contributed by atoms with Gasteiger partial charge in [0, 0.05) is 51.1 Å². The lowest BCUT2D eigenvalue weighted by Gasteiger charge is -2.42. The number of unbranched alkanes of at least 4 members (excludes halogenated alkanes) is 4. The zero-order chi connectivity index (χ0) is 51.7. The molecule has 5 heterocycles. The summed E-state index contributed by atoms with van der Waals surface area (Å²) < 4.78 is 30.1. The molecule has 3 saturated heterocycles. The van der Waals surface area contributed by atoms with Gasteiger partial charge >= 0.3 is 6.09 Å². The molecule has 0 bridgehead atoms. The van der Waals surface area contributed by atoms with Gasteiger partial charge in [0.15, 0.2) is 18.7 Å². The molecule has 0 radical (unpaired) electrons.